The summed E-state index contributed by atoms with van der Waals surface area (Å²) in [6, 6.07) is 5.78. The van der Waals surface area contributed by atoms with Gasteiger partial charge in [0.1, 0.15) is 17.3 Å². The molecule has 1 N–H and O–H groups in total. The first-order valence-electron chi connectivity index (χ1n) is 10.00. The van der Waals surface area contributed by atoms with Crippen LogP contribution in [0.1, 0.15) is 45.6 Å². The largest absolute Gasteiger partial charge is 0.480 e. The van der Waals surface area contributed by atoms with Crippen molar-refractivity contribution >= 4 is 27.5 Å². The maximum Gasteiger partial charge on any atom is 0.264 e. The molecule has 4 rings (SSSR count). The Morgan fingerprint density at radius 3 is 2.61 bits per heavy atom. The number of aliphatic hydroxyl groups is 1. The molecule has 7 nitrogen and oxygen atoms in total. The molecule has 0 spiro atoms. The molecule has 0 aliphatic heterocycles. The highest BCUT2D eigenvalue weighted by atomic mass is 32.1. The van der Waals surface area contributed by atoms with Crippen LogP contribution in [0.2, 0.25) is 0 Å². The number of fused-ring (bicyclic) bond motifs is 1. The number of hydrogen-bond donors (Lipinski definition) is 1. The molecule has 3 aromatic rings. The molecule has 1 aliphatic carbocycles. The third-order valence-electron chi connectivity index (χ3n) is 5.34. The lowest BCUT2D eigenvalue weighted by molar-refractivity contribution is 0.0607. The van der Waals surface area contributed by atoms with Crippen LogP contribution in [0.25, 0.3) is 10.2 Å². The number of rotatable bonds is 8. The van der Waals surface area contributed by atoms with Gasteiger partial charge in [0.15, 0.2) is 5.82 Å². The second-order valence-electron chi connectivity index (χ2n) is 7.57. The average molecular weight is 446 g/mol. The van der Waals surface area contributed by atoms with E-state index in [9.17, 15) is 14.3 Å². The fourth-order valence-corrected chi connectivity index (χ4v) is 4.73. The Hall–Kier alpha value is -2.62. The highest BCUT2D eigenvalue weighted by Gasteiger charge is 2.36. The van der Waals surface area contributed by atoms with Crippen LogP contribution in [0.4, 0.5) is 4.39 Å². The normalized spacial score (nSPS) is 14.6. The number of carbonyl (C=O) groups is 1. The summed E-state index contributed by atoms with van der Waals surface area (Å²) in [5.41, 5.74) is 1.33. The summed E-state index contributed by atoms with van der Waals surface area (Å²) in [5, 5.41) is 11.4. The molecule has 9 heteroatoms. The number of hydrogen-bond acceptors (Lipinski definition) is 7. The molecular weight excluding hydrogens is 421 g/mol. The number of halogens is 1. The van der Waals surface area contributed by atoms with Gasteiger partial charge in [-0.25, -0.2) is 9.37 Å². The molecule has 1 aliphatic rings. The summed E-state index contributed by atoms with van der Waals surface area (Å²) in [4.78, 5) is 25.3. The summed E-state index contributed by atoms with van der Waals surface area (Å²) in [5.74, 6) is 0.376. The fraction of sp³-hybridized carbons (Fsp3) is 0.409. The van der Waals surface area contributed by atoms with Crippen molar-refractivity contribution in [2.45, 2.75) is 38.5 Å². The number of benzene rings is 1. The van der Waals surface area contributed by atoms with Gasteiger partial charge in [-0.15, -0.1) is 11.3 Å². The lowest BCUT2D eigenvalue weighted by atomic mass is 10.1. The Morgan fingerprint density at radius 2 is 2.00 bits per heavy atom. The highest BCUT2D eigenvalue weighted by Crippen LogP contribution is 2.38. The zero-order valence-corrected chi connectivity index (χ0v) is 18.4. The number of thiophene rings is 1. The number of methoxy groups -OCH3 is 2. The maximum atomic E-state index is 13.5. The van der Waals surface area contributed by atoms with E-state index in [1.54, 1.807) is 12.0 Å². The second kappa shape index (κ2) is 8.86. The summed E-state index contributed by atoms with van der Waals surface area (Å²) < 4.78 is 23.8. The van der Waals surface area contributed by atoms with E-state index >= 15 is 0 Å². The van der Waals surface area contributed by atoms with Gasteiger partial charge in [-0.3, -0.25) is 4.79 Å². The van der Waals surface area contributed by atoms with Crippen molar-refractivity contribution in [3.8, 4) is 5.88 Å². The number of nitrogens with zero attached hydrogens (tertiary/aromatic N) is 3. The minimum atomic E-state index is -0.900. The average Bonchev–Trinajstić information content (AvgIpc) is 3.55. The van der Waals surface area contributed by atoms with Crippen LogP contribution in [-0.4, -0.2) is 52.7 Å². The van der Waals surface area contributed by atoms with Gasteiger partial charge in [-0.1, -0.05) is 12.1 Å². The Kier molecular flexibility index (Phi) is 6.17. The quantitative estimate of drug-likeness (QED) is 0.570. The van der Waals surface area contributed by atoms with E-state index in [2.05, 4.69) is 9.97 Å². The zero-order chi connectivity index (χ0) is 22.1. The third-order valence-corrected chi connectivity index (χ3v) is 6.51. The predicted octanol–water partition coefficient (Wildman–Crippen LogP) is 3.63. The first kappa shape index (κ1) is 21.6. The van der Waals surface area contributed by atoms with E-state index in [1.165, 1.54) is 42.7 Å². The van der Waals surface area contributed by atoms with Crippen molar-refractivity contribution < 1.29 is 23.8 Å². The van der Waals surface area contributed by atoms with Gasteiger partial charge >= 0.3 is 0 Å². The minimum Gasteiger partial charge on any atom is -0.480 e. The lowest BCUT2D eigenvalue weighted by Gasteiger charge is -2.25. The number of carbonyl (C=O) groups excluding carboxylic acids is 1. The van der Waals surface area contributed by atoms with Crippen LogP contribution in [0.3, 0.4) is 0 Å². The van der Waals surface area contributed by atoms with E-state index in [0.29, 0.717) is 32.4 Å². The van der Waals surface area contributed by atoms with E-state index in [0.717, 1.165) is 18.4 Å². The number of aryl methyl sites for hydroxylation is 1. The molecule has 2 aromatic heterocycles. The van der Waals surface area contributed by atoms with Gasteiger partial charge < -0.3 is 19.5 Å². The van der Waals surface area contributed by atoms with E-state index in [1.807, 2.05) is 6.92 Å². The van der Waals surface area contributed by atoms with Crippen LogP contribution in [0, 0.1) is 12.7 Å². The molecule has 0 radical (unpaired) electrons. The van der Waals surface area contributed by atoms with Crippen LogP contribution < -0.4 is 4.74 Å². The highest BCUT2D eigenvalue weighted by molar-refractivity contribution is 7.20. The topological polar surface area (TPSA) is 84.8 Å². The smallest absolute Gasteiger partial charge is 0.264 e. The van der Waals surface area contributed by atoms with Crippen LogP contribution >= 0.6 is 11.3 Å². The van der Waals surface area contributed by atoms with Crippen molar-refractivity contribution in [2.75, 3.05) is 20.8 Å². The minimum absolute atomic E-state index is 0.0873. The Labute approximate surface area is 183 Å². The predicted molar refractivity (Wildman–Crippen MR) is 115 cm³/mol. The van der Waals surface area contributed by atoms with Gasteiger partial charge in [0.05, 0.1) is 30.0 Å². The van der Waals surface area contributed by atoms with E-state index in [-0.39, 0.29) is 30.9 Å². The first-order chi connectivity index (χ1) is 14.9. The third kappa shape index (κ3) is 4.39. The van der Waals surface area contributed by atoms with Gasteiger partial charge in [-0.05, 0) is 43.0 Å². The maximum absolute atomic E-state index is 13.5. The lowest BCUT2D eigenvalue weighted by Crippen LogP contribution is -2.36. The van der Waals surface area contributed by atoms with Crippen molar-refractivity contribution in [1.29, 1.82) is 0 Å². The molecule has 0 saturated heterocycles. The molecule has 1 saturated carbocycles. The molecule has 164 valence electrons. The van der Waals surface area contributed by atoms with Crippen molar-refractivity contribution in [3.05, 3.63) is 51.9 Å². The molecule has 1 atom stereocenters. The molecule has 0 bridgehead atoms. The SMILES string of the molecule is COCc1nc(OC)c2c(C)c(C(=O)N(CC(O)c3ccc(F)cc3)C3CC3)sc2n1. The van der Waals surface area contributed by atoms with Crippen LogP contribution in [0.5, 0.6) is 5.88 Å². The molecule has 2 heterocycles. The first-order valence-corrected chi connectivity index (χ1v) is 10.8. The van der Waals surface area contributed by atoms with Gasteiger partial charge in [0, 0.05) is 13.2 Å². The molecule has 1 unspecified atom stereocenters. The number of amides is 1. The summed E-state index contributed by atoms with van der Waals surface area (Å²) in [6.07, 6.45) is 0.891. The van der Waals surface area contributed by atoms with Gasteiger partial charge in [0.25, 0.3) is 5.91 Å². The molecule has 31 heavy (non-hydrogen) atoms. The van der Waals surface area contributed by atoms with E-state index < -0.39 is 6.10 Å². The standard InChI is InChI=1S/C22H24FN3O4S/c1-12-18-20(30-3)24-17(11-29-2)25-21(18)31-19(12)22(28)26(15-8-9-15)10-16(27)13-4-6-14(23)7-5-13/h4-7,15-16,27H,8-11H2,1-3H3. The molecule has 1 fully saturated rings. The van der Waals surface area contributed by atoms with Crippen LogP contribution in [0.15, 0.2) is 24.3 Å². The summed E-state index contributed by atoms with van der Waals surface area (Å²) in [7, 11) is 3.10. The Bertz CT molecular complexity index is 1100. The Balaban J connectivity index is 1.66. The fourth-order valence-electron chi connectivity index (χ4n) is 3.58. The Morgan fingerprint density at radius 1 is 1.29 bits per heavy atom. The van der Waals surface area contributed by atoms with Gasteiger partial charge in [-0.2, -0.15) is 4.98 Å². The molecular formula is C22H24FN3O4S. The van der Waals surface area contributed by atoms with Gasteiger partial charge in [0.2, 0.25) is 5.88 Å². The molecule has 1 aromatic carbocycles. The van der Waals surface area contributed by atoms with Crippen molar-refractivity contribution in [2.24, 2.45) is 0 Å². The van der Waals surface area contributed by atoms with Crippen molar-refractivity contribution in [3.63, 3.8) is 0 Å². The molecule has 1 amide bonds. The zero-order valence-electron chi connectivity index (χ0n) is 17.6. The monoisotopic (exact) mass is 445 g/mol. The second-order valence-corrected chi connectivity index (χ2v) is 8.57. The number of aliphatic hydroxyl groups excluding tert-OH is 1. The van der Waals surface area contributed by atoms with Crippen molar-refractivity contribution in [1.82, 2.24) is 14.9 Å². The van der Waals surface area contributed by atoms with Crippen LogP contribution in [-0.2, 0) is 11.3 Å². The summed E-state index contributed by atoms with van der Waals surface area (Å²) in [6.45, 7) is 2.24. The summed E-state index contributed by atoms with van der Waals surface area (Å²) >= 11 is 1.29. The number of aromatic nitrogens is 2. The number of ether oxygens (including phenoxy) is 2. The van der Waals surface area contributed by atoms with E-state index in [4.69, 9.17) is 9.47 Å².